The monoisotopic (exact) mass is 301 g/mol. The molecule has 0 saturated heterocycles. The van der Waals surface area contributed by atoms with Gasteiger partial charge in [0, 0.05) is 12.4 Å². The molecule has 1 amide bonds. The third-order valence-corrected chi connectivity index (χ3v) is 3.69. The van der Waals surface area contributed by atoms with Gasteiger partial charge < -0.3 is 14.7 Å². The lowest BCUT2D eigenvalue weighted by molar-refractivity contribution is -0.150. The van der Waals surface area contributed by atoms with Crippen LogP contribution in [-0.2, 0) is 9.59 Å². The number of aliphatic carboxylic acids is 1. The Morgan fingerprint density at radius 1 is 1.09 bits per heavy atom. The maximum absolute atomic E-state index is 12.3. The van der Waals surface area contributed by atoms with Crippen LogP contribution in [0.4, 0.5) is 0 Å². The van der Waals surface area contributed by atoms with E-state index in [0.29, 0.717) is 5.75 Å². The molecule has 2 unspecified atom stereocenters. The Kier molecular flexibility index (Phi) is 4.65. The summed E-state index contributed by atoms with van der Waals surface area (Å²) in [6.07, 6.45) is -0.766. The van der Waals surface area contributed by atoms with Gasteiger partial charge in [-0.05, 0) is 25.3 Å². The van der Waals surface area contributed by atoms with E-state index in [9.17, 15) is 9.59 Å². The van der Waals surface area contributed by atoms with Crippen molar-refractivity contribution in [3.63, 3.8) is 0 Å². The molecule has 0 aliphatic heterocycles. The van der Waals surface area contributed by atoms with Crippen LogP contribution in [0.25, 0.3) is 10.8 Å². The molecule has 0 radical (unpaired) electrons. The summed E-state index contributed by atoms with van der Waals surface area (Å²) in [5.74, 6) is -0.814. The fourth-order valence-corrected chi connectivity index (χ4v) is 2.18. The molecular formula is C17H19NO4. The van der Waals surface area contributed by atoms with Crippen LogP contribution in [0.2, 0.25) is 0 Å². The number of carbonyl (C=O) groups is 2. The number of rotatable bonds is 5. The molecule has 0 aromatic heterocycles. The maximum atomic E-state index is 12.3. The van der Waals surface area contributed by atoms with Gasteiger partial charge in [0.2, 0.25) is 0 Å². The van der Waals surface area contributed by atoms with Crippen molar-refractivity contribution < 1.29 is 19.4 Å². The zero-order chi connectivity index (χ0) is 16.3. The van der Waals surface area contributed by atoms with Gasteiger partial charge in [0.15, 0.2) is 6.10 Å². The number of carboxylic acid groups (broad SMARTS) is 1. The van der Waals surface area contributed by atoms with Crippen molar-refractivity contribution in [2.45, 2.75) is 26.0 Å². The highest BCUT2D eigenvalue weighted by Crippen LogP contribution is 2.26. The lowest BCUT2D eigenvalue weighted by Gasteiger charge is -2.25. The number of nitrogens with zero attached hydrogens (tertiary/aromatic N) is 1. The lowest BCUT2D eigenvalue weighted by atomic mass is 10.1. The predicted octanol–water partition coefficient (Wildman–Crippen LogP) is 2.54. The highest BCUT2D eigenvalue weighted by atomic mass is 16.5. The Balaban J connectivity index is 2.18. The van der Waals surface area contributed by atoms with Crippen LogP contribution in [0.5, 0.6) is 5.75 Å². The van der Waals surface area contributed by atoms with E-state index in [4.69, 9.17) is 9.84 Å². The van der Waals surface area contributed by atoms with E-state index < -0.39 is 18.1 Å². The van der Waals surface area contributed by atoms with Crippen molar-refractivity contribution >= 4 is 22.6 Å². The zero-order valence-corrected chi connectivity index (χ0v) is 12.8. The molecule has 5 nitrogen and oxygen atoms in total. The minimum atomic E-state index is -1.05. The first-order chi connectivity index (χ1) is 10.4. The second-order valence-electron chi connectivity index (χ2n) is 5.20. The summed E-state index contributed by atoms with van der Waals surface area (Å²) in [6.45, 7) is 3.08. The molecule has 5 heteroatoms. The second kappa shape index (κ2) is 6.47. The van der Waals surface area contributed by atoms with E-state index in [2.05, 4.69) is 0 Å². The van der Waals surface area contributed by atoms with Crippen molar-refractivity contribution in [3.8, 4) is 5.75 Å². The molecule has 22 heavy (non-hydrogen) atoms. The molecule has 0 aliphatic carbocycles. The van der Waals surface area contributed by atoms with Crippen LogP contribution in [0, 0.1) is 0 Å². The summed E-state index contributed by atoms with van der Waals surface area (Å²) in [5, 5.41) is 10.9. The Morgan fingerprint density at radius 3 is 2.41 bits per heavy atom. The minimum Gasteiger partial charge on any atom is -0.480 e. The number of carbonyl (C=O) groups excluding carboxylic acids is 1. The van der Waals surface area contributed by atoms with Crippen molar-refractivity contribution in [1.82, 2.24) is 4.90 Å². The van der Waals surface area contributed by atoms with E-state index >= 15 is 0 Å². The molecule has 0 saturated carbocycles. The van der Waals surface area contributed by atoms with Crippen molar-refractivity contribution in [3.05, 3.63) is 42.5 Å². The first-order valence-corrected chi connectivity index (χ1v) is 7.05. The van der Waals surface area contributed by atoms with Gasteiger partial charge in [0.1, 0.15) is 11.8 Å². The molecule has 2 aromatic rings. The average Bonchev–Trinajstić information content (AvgIpc) is 2.52. The summed E-state index contributed by atoms with van der Waals surface area (Å²) < 4.78 is 5.76. The summed E-state index contributed by atoms with van der Waals surface area (Å²) in [7, 11) is 1.46. The molecule has 0 aliphatic rings. The number of hydrogen-bond acceptors (Lipinski definition) is 3. The highest BCUT2D eigenvalue weighted by molar-refractivity contribution is 5.89. The van der Waals surface area contributed by atoms with Crippen LogP contribution in [0.15, 0.2) is 42.5 Å². The zero-order valence-electron chi connectivity index (χ0n) is 12.8. The maximum Gasteiger partial charge on any atom is 0.326 e. The van der Waals surface area contributed by atoms with E-state index in [1.807, 2.05) is 36.4 Å². The normalized spacial score (nSPS) is 13.4. The molecule has 2 rings (SSSR count). The quantitative estimate of drug-likeness (QED) is 0.921. The number of amides is 1. The van der Waals surface area contributed by atoms with Gasteiger partial charge in [-0.1, -0.05) is 36.4 Å². The lowest BCUT2D eigenvalue weighted by Crippen LogP contribution is -2.46. The van der Waals surface area contributed by atoms with Crippen molar-refractivity contribution in [1.29, 1.82) is 0 Å². The van der Waals surface area contributed by atoms with E-state index in [1.165, 1.54) is 18.9 Å². The molecule has 2 atom stereocenters. The van der Waals surface area contributed by atoms with Gasteiger partial charge in [-0.3, -0.25) is 4.79 Å². The molecule has 0 fully saturated rings. The standard InChI is InChI=1S/C17H19NO4/c1-11(17(20)21)18(3)16(19)12(2)22-15-10-6-8-13-7-4-5-9-14(13)15/h4-12H,1-3H3,(H,20,21). The fourth-order valence-electron chi connectivity index (χ4n) is 2.18. The minimum absolute atomic E-state index is 0.372. The molecule has 0 spiro atoms. The van der Waals surface area contributed by atoms with Crippen LogP contribution >= 0.6 is 0 Å². The van der Waals surface area contributed by atoms with E-state index in [1.54, 1.807) is 13.0 Å². The van der Waals surface area contributed by atoms with Gasteiger partial charge in [-0.15, -0.1) is 0 Å². The largest absolute Gasteiger partial charge is 0.480 e. The van der Waals surface area contributed by atoms with Crippen LogP contribution in [0.1, 0.15) is 13.8 Å². The van der Waals surface area contributed by atoms with Crippen LogP contribution in [-0.4, -0.2) is 41.1 Å². The number of fused-ring (bicyclic) bond motifs is 1. The number of benzene rings is 2. The van der Waals surface area contributed by atoms with Gasteiger partial charge >= 0.3 is 5.97 Å². The fraction of sp³-hybridized carbons (Fsp3) is 0.294. The topological polar surface area (TPSA) is 66.8 Å². The number of likely N-dealkylation sites (N-methyl/N-ethyl adjacent to an activating group) is 1. The van der Waals surface area contributed by atoms with Gasteiger partial charge in [0.25, 0.3) is 5.91 Å². The molecular weight excluding hydrogens is 282 g/mol. The van der Waals surface area contributed by atoms with E-state index in [0.717, 1.165) is 10.8 Å². The average molecular weight is 301 g/mol. The SMILES string of the molecule is CC(Oc1cccc2ccccc12)C(=O)N(C)C(C)C(=O)O. The number of carboxylic acids is 1. The van der Waals surface area contributed by atoms with Crippen molar-refractivity contribution in [2.24, 2.45) is 0 Å². The van der Waals surface area contributed by atoms with Crippen molar-refractivity contribution in [2.75, 3.05) is 7.05 Å². The number of ether oxygens (including phenoxy) is 1. The summed E-state index contributed by atoms with van der Waals surface area (Å²) >= 11 is 0. The number of hydrogen-bond donors (Lipinski definition) is 1. The molecule has 2 aromatic carbocycles. The summed E-state index contributed by atoms with van der Waals surface area (Å²) in [4.78, 5) is 24.4. The first kappa shape index (κ1) is 15.8. The Hall–Kier alpha value is -2.56. The molecule has 0 heterocycles. The smallest absolute Gasteiger partial charge is 0.326 e. The Labute approximate surface area is 129 Å². The van der Waals surface area contributed by atoms with E-state index in [-0.39, 0.29) is 5.91 Å². The van der Waals surface area contributed by atoms with Crippen LogP contribution in [0.3, 0.4) is 0 Å². The van der Waals surface area contributed by atoms with Gasteiger partial charge in [0.05, 0.1) is 0 Å². The summed E-state index contributed by atoms with van der Waals surface area (Å²) in [5.41, 5.74) is 0. The van der Waals surface area contributed by atoms with Gasteiger partial charge in [-0.25, -0.2) is 4.79 Å². The van der Waals surface area contributed by atoms with Gasteiger partial charge in [-0.2, -0.15) is 0 Å². The highest BCUT2D eigenvalue weighted by Gasteiger charge is 2.27. The predicted molar refractivity (Wildman–Crippen MR) is 83.9 cm³/mol. The summed E-state index contributed by atoms with van der Waals surface area (Å²) in [6, 6.07) is 12.5. The third-order valence-electron chi connectivity index (χ3n) is 3.69. The third kappa shape index (κ3) is 3.19. The first-order valence-electron chi connectivity index (χ1n) is 7.05. The second-order valence-corrected chi connectivity index (χ2v) is 5.20. The molecule has 1 N–H and O–H groups in total. The molecule has 116 valence electrons. The molecule has 0 bridgehead atoms. The van der Waals surface area contributed by atoms with Crippen LogP contribution < -0.4 is 4.74 Å². The Bertz CT molecular complexity index is 693. The Morgan fingerprint density at radius 2 is 1.73 bits per heavy atom.